The third kappa shape index (κ3) is 3.99. The molecule has 2 amide bonds. The van der Waals surface area contributed by atoms with Crippen molar-refractivity contribution in [3.8, 4) is 11.4 Å². The summed E-state index contributed by atoms with van der Waals surface area (Å²) < 4.78 is 6.67. The lowest BCUT2D eigenvalue weighted by Crippen LogP contribution is -2.44. The Hall–Kier alpha value is -3.40. The fraction of sp³-hybridized carbons (Fsp3) is 0.250. The monoisotopic (exact) mass is 424 g/mol. The van der Waals surface area contributed by atoms with Gasteiger partial charge >= 0.3 is 0 Å². The van der Waals surface area contributed by atoms with E-state index in [0.29, 0.717) is 28.6 Å². The first-order chi connectivity index (χ1) is 14.6. The summed E-state index contributed by atoms with van der Waals surface area (Å²) in [6, 6.07) is 11.9. The van der Waals surface area contributed by atoms with Gasteiger partial charge in [0.25, 0.3) is 5.91 Å². The summed E-state index contributed by atoms with van der Waals surface area (Å²) >= 11 is 1.56. The third-order valence-electron chi connectivity index (χ3n) is 4.84. The molecule has 154 valence electrons. The van der Waals surface area contributed by atoms with Gasteiger partial charge in [-0.25, -0.2) is 4.68 Å². The molecule has 0 spiro atoms. The van der Waals surface area contributed by atoms with Crippen molar-refractivity contribution in [1.29, 1.82) is 0 Å². The lowest BCUT2D eigenvalue weighted by Gasteiger charge is -2.23. The normalized spacial score (nSPS) is 15.8. The van der Waals surface area contributed by atoms with Crippen LogP contribution in [0.4, 0.5) is 5.69 Å². The molecule has 1 N–H and O–H groups in total. The van der Waals surface area contributed by atoms with Crippen molar-refractivity contribution in [1.82, 2.24) is 25.1 Å². The molecule has 0 saturated carbocycles. The highest BCUT2D eigenvalue weighted by Crippen LogP contribution is 2.26. The number of hydrogen-bond acceptors (Lipinski definition) is 7. The number of carbonyl (C=O) groups is 2. The van der Waals surface area contributed by atoms with E-state index in [0.717, 1.165) is 11.3 Å². The van der Waals surface area contributed by atoms with Crippen molar-refractivity contribution in [3.05, 3.63) is 59.9 Å². The average molecular weight is 424 g/mol. The van der Waals surface area contributed by atoms with E-state index in [4.69, 9.17) is 4.74 Å². The van der Waals surface area contributed by atoms with E-state index in [-0.39, 0.29) is 11.8 Å². The highest BCUT2D eigenvalue weighted by atomic mass is 32.2. The van der Waals surface area contributed by atoms with Crippen LogP contribution < -0.4 is 10.1 Å². The van der Waals surface area contributed by atoms with Gasteiger partial charge in [0.05, 0.1) is 18.7 Å². The molecule has 1 saturated heterocycles. The summed E-state index contributed by atoms with van der Waals surface area (Å²) in [5.41, 5.74) is 2.83. The SMILES string of the molecule is COc1ccc(NC(=O)C2CSCN2C(=O)c2ccc(-n3cnnn3)c(C)c2)cc1. The smallest absolute Gasteiger partial charge is 0.255 e. The Kier molecular flexibility index (Phi) is 5.66. The molecule has 4 rings (SSSR count). The number of hydrogen-bond donors (Lipinski definition) is 1. The van der Waals surface area contributed by atoms with Crippen molar-refractivity contribution in [2.24, 2.45) is 0 Å². The number of nitrogens with zero attached hydrogens (tertiary/aromatic N) is 5. The molecule has 0 bridgehead atoms. The molecular formula is C20H20N6O3S. The van der Waals surface area contributed by atoms with Gasteiger partial charge in [0, 0.05) is 17.0 Å². The van der Waals surface area contributed by atoms with Crippen LogP contribution in [0.2, 0.25) is 0 Å². The number of anilines is 1. The van der Waals surface area contributed by atoms with E-state index >= 15 is 0 Å². The van der Waals surface area contributed by atoms with Crippen molar-refractivity contribution in [2.75, 3.05) is 24.1 Å². The number of ether oxygens (including phenoxy) is 1. The Morgan fingerprint density at radius 3 is 2.67 bits per heavy atom. The number of rotatable bonds is 5. The molecule has 0 radical (unpaired) electrons. The topological polar surface area (TPSA) is 102 Å². The number of carbonyl (C=O) groups excluding carboxylic acids is 2. The molecule has 30 heavy (non-hydrogen) atoms. The molecule has 1 aliphatic heterocycles. The molecule has 1 fully saturated rings. The van der Waals surface area contributed by atoms with Gasteiger partial charge < -0.3 is 15.0 Å². The van der Waals surface area contributed by atoms with Crippen molar-refractivity contribution in [3.63, 3.8) is 0 Å². The zero-order valence-electron chi connectivity index (χ0n) is 16.5. The molecular weight excluding hydrogens is 404 g/mol. The minimum atomic E-state index is -0.538. The summed E-state index contributed by atoms with van der Waals surface area (Å²) in [5, 5.41) is 14.0. The summed E-state index contributed by atoms with van der Waals surface area (Å²) in [4.78, 5) is 27.5. The lowest BCUT2D eigenvalue weighted by atomic mass is 10.1. The highest BCUT2D eigenvalue weighted by molar-refractivity contribution is 7.99. The molecule has 2 heterocycles. The predicted octanol–water partition coefficient (Wildman–Crippen LogP) is 2.13. The molecule has 1 atom stereocenters. The van der Waals surface area contributed by atoms with Gasteiger partial charge in [0.1, 0.15) is 18.1 Å². The molecule has 1 aliphatic rings. The fourth-order valence-corrected chi connectivity index (χ4v) is 4.40. The lowest BCUT2D eigenvalue weighted by molar-refractivity contribution is -0.119. The largest absolute Gasteiger partial charge is 0.497 e. The number of aryl methyl sites for hydroxylation is 1. The average Bonchev–Trinajstić information content (AvgIpc) is 3.46. The van der Waals surface area contributed by atoms with Crippen LogP contribution in [0.1, 0.15) is 15.9 Å². The Morgan fingerprint density at radius 2 is 2.00 bits per heavy atom. The number of nitrogens with one attached hydrogen (secondary N) is 1. The third-order valence-corrected chi connectivity index (χ3v) is 5.86. The molecule has 2 aromatic carbocycles. The summed E-state index contributed by atoms with van der Waals surface area (Å²) in [5.74, 6) is 1.34. The van der Waals surface area contributed by atoms with Gasteiger partial charge in [-0.2, -0.15) is 0 Å². The number of aromatic nitrogens is 4. The maximum Gasteiger partial charge on any atom is 0.255 e. The van der Waals surface area contributed by atoms with Crippen LogP contribution in [0.15, 0.2) is 48.8 Å². The van der Waals surface area contributed by atoms with Gasteiger partial charge in [0.2, 0.25) is 5.91 Å². The second kappa shape index (κ2) is 8.54. The Morgan fingerprint density at radius 1 is 1.20 bits per heavy atom. The van der Waals surface area contributed by atoms with Gasteiger partial charge in [-0.1, -0.05) is 0 Å². The second-order valence-electron chi connectivity index (χ2n) is 6.76. The maximum atomic E-state index is 13.1. The van der Waals surface area contributed by atoms with Crippen molar-refractivity contribution >= 4 is 29.3 Å². The molecule has 1 unspecified atom stereocenters. The molecule has 9 nitrogen and oxygen atoms in total. The van der Waals surface area contributed by atoms with E-state index in [2.05, 4.69) is 20.8 Å². The molecule has 0 aliphatic carbocycles. The Balaban J connectivity index is 1.49. The van der Waals surface area contributed by atoms with Gasteiger partial charge in [-0.05, 0) is 65.4 Å². The van der Waals surface area contributed by atoms with E-state index in [1.807, 2.05) is 6.92 Å². The zero-order chi connectivity index (χ0) is 21.1. The standard InChI is InChI=1S/C20H20N6O3S/c1-13-9-14(3-8-17(13)26-11-21-23-24-26)20(28)25-12-30-10-18(25)19(27)22-15-4-6-16(29-2)7-5-15/h3-9,11,18H,10,12H2,1-2H3,(H,22,27). The molecule has 10 heteroatoms. The van der Waals surface area contributed by atoms with E-state index in [1.54, 1.807) is 70.9 Å². The minimum Gasteiger partial charge on any atom is -0.497 e. The van der Waals surface area contributed by atoms with Crippen LogP contribution in [0.25, 0.3) is 5.69 Å². The number of thioether (sulfide) groups is 1. The minimum absolute atomic E-state index is 0.179. The van der Waals surface area contributed by atoms with Crippen LogP contribution in [0.5, 0.6) is 5.75 Å². The van der Waals surface area contributed by atoms with Crippen LogP contribution in [-0.4, -0.2) is 61.7 Å². The van der Waals surface area contributed by atoms with Crippen LogP contribution in [0.3, 0.4) is 0 Å². The van der Waals surface area contributed by atoms with E-state index in [1.165, 1.54) is 6.33 Å². The molecule has 1 aromatic heterocycles. The van der Waals surface area contributed by atoms with Gasteiger partial charge in [-0.3, -0.25) is 9.59 Å². The zero-order valence-corrected chi connectivity index (χ0v) is 17.3. The van der Waals surface area contributed by atoms with Crippen molar-refractivity contribution in [2.45, 2.75) is 13.0 Å². The highest BCUT2D eigenvalue weighted by Gasteiger charge is 2.35. The Labute approximate surface area is 177 Å². The van der Waals surface area contributed by atoms with Crippen LogP contribution in [-0.2, 0) is 4.79 Å². The first-order valence-corrected chi connectivity index (χ1v) is 10.4. The summed E-state index contributed by atoms with van der Waals surface area (Å²) in [7, 11) is 1.59. The molecule has 3 aromatic rings. The van der Waals surface area contributed by atoms with Gasteiger partial charge in [-0.15, -0.1) is 16.9 Å². The summed E-state index contributed by atoms with van der Waals surface area (Å²) in [6.45, 7) is 1.89. The maximum absolute atomic E-state index is 13.1. The number of methoxy groups -OCH3 is 1. The quantitative estimate of drug-likeness (QED) is 0.669. The van der Waals surface area contributed by atoms with Gasteiger partial charge in [0.15, 0.2) is 0 Å². The van der Waals surface area contributed by atoms with Crippen LogP contribution in [0, 0.1) is 6.92 Å². The summed E-state index contributed by atoms with van der Waals surface area (Å²) in [6.07, 6.45) is 1.50. The van der Waals surface area contributed by atoms with E-state index in [9.17, 15) is 9.59 Å². The first kappa shape index (κ1) is 19.9. The van der Waals surface area contributed by atoms with E-state index < -0.39 is 6.04 Å². The predicted molar refractivity (Wildman–Crippen MR) is 113 cm³/mol. The Bertz CT molecular complexity index is 1050. The number of benzene rings is 2. The fourth-order valence-electron chi connectivity index (χ4n) is 3.24. The second-order valence-corrected chi connectivity index (χ2v) is 7.76. The van der Waals surface area contributed by atoms with Crippen molar-refractivity contribution < 1.29 is 14.3 Å². The first-order valence-electron chi connectivity index (χ1n) is 9.24. The van der Waals surface area contributed by atoms with Crippen LogP contribution >= 0.6 is 11.8 Å². The number of amides is 2. The number of tetrazole rings is 1.